The van der Waals surface area contributed by atoms with Crippen LogP contribution in [0.3, 0.4) is 0 Å². The SMILES string of the molecule is Cc1cnc(C(C)NC(=O)c2cn(C3CNC3)nn2)o1. The molecule has 0 radical (unpaired) electrons. The van der Waals surface area contributed by atoms with Crippen LogP contribution in [0.4, 0.5) is 0 Å². The number of rotatable bonds is 4. The summed E-state index contributed by atoms with van der Waals surface area (Å²) in [4.78, 5) is 16.2. The molecule has 2 aromatic heterocycles. The van der Waals surface area contributed by atoms with Gasteiger partial charge in [-0.05, 0) is 13.8 Å². The minimum Gasteiger partial charge on any atom is -0.444 e. The predicted molar refractivity (Wildman–Crippen MR) is 69.0 cm³/mol. The second kappa shape index (κ2) is 5.04. The van der Waals surface area contributed by atoms with Gasteiger partial charge in [0.1, 0.15) is 11.8 Å². The summed E-state index contributed by atoms with van der Waals surface area (Å²) in [5.41, 5.74) is 0.298. The Hall–Kier alpha value is -2.22. The first-order valence-corrected chi connectivity index (χ1v) is 6.49. The van der Waals surface area contributed by atoms with Crippen molar-refractivity contribution in [1.82, 2.24) is 30.6 Å². The number of carbonyl (C=O) groups is 1. The van der Waals surface area contributed by atoms with E-state index in [0.717, 1.165) is 13.1 Å². The summed E-state index contributed by atoms with van der Waals surface area (Å²) in [5, 5.41) is 13.8. The lowest BCUT2D eigenvalue weighted by Crippen LogP contribution is -2.43. The van der Waals surface area contributed by atoms with Gasteiger partial charge in [-0.3, -0.25) is 4.79 Å². The predicted octanol–water partition coefficient (Wildman–Crippen LogP) is 0.210. The molecule has 1 fully saturated rings. The van der Waals surface area contributed by atoms with Crippen LogP contribution in [0.1, 0.15) is 41.1 Å². The molecule has 1 amide bonds. The van der Waals surface area contributed by atoms with Crippen LogP contribution in [0, 0.1) is 6.92 Å². The maximum Gasteiger partial charge on any atom is 0.274 e. The van der Waals surface area contributed by atoms with Gasteiger partial charge in [0.15, 0.2) is 5.69 Å². The molecule has 0 aromatic carbocycles. The number of aromatic nitrogens is 4. The third kappa shape index (κ3) is 2.42. The second-order valence-electron chi connectivity index (χ2n) is 4.90. The van der Waals surface area contributed by atoms with Crippen LogP contribution < -0.4 is 10.6 Å². The molecule has 3 rings (SSSR count). The molecule has 1 atom stereocenters. The highest BCUT2D eigenvalue weighted by atomic mass is 16.4. The standard InChI is InChI=1S/C12H16N6O2/c1-7-3-14-12(20-7)8(2)15-11(19)10-6-18(17-16-10)9-4-13-5-9/h3,6,8-9,13H,4-5H2,1-2H3,(H,15,19). The Morgan fingerprint density at radius 3 is 3.00 bits per heavy atom. The van der Waals surface area contributed by atoms with E-state index >= 15 is 0 Å². The van der Waals surface area contributed by atoms with Crippen LogP contribution >= 0.6 is 0 Å². The Labute approximate surface area is 115 Å². The highest BCUT2D eigenvalue weighted by Crippen LogP contribution is 2.13. The van der Waals surface area contributed by atoms with Crippen LogP contribution in [0.5, 0.6) is 0 Å². The number of nitrogens with zero attached hydrogens (tertiary/aromatic N) is 4. The van der Waals surface area contributed by atoms with E-state index in [1.54, 1.807) is 17.1 Å². The van der Waals surface area contributed by atoms with Crippen LogP contribution in [0.15, 0.2) is 16.8 Å². The van der Waals surface area contributed by atoms with Crippen molar-refractivity contribution in [2.45, 2.75) is 25.9 Å². The number of oxazole rings is 1. The van der Waals surface area contributed by atoms with Gasteiger partial charge >= 0.3 is 0 Å². The van der Waals surface area contributed by atoms with Gasteiger partial charge < -0.3 is 15.1 Å². The summed E-state index contributed by atoms with van der Waals surface area (Å²) in [5.74, 6) is 0.905. The van der Waals surface area contributed by atoms with Gasteiger partial charge in [0.05, 0.1) is 18.4 Å². The van der Waals surface area contributed by atoms with Crippen LogP contribution in [-0.2, 0) is 0 Å². The quantitative estimate of drug-likeness (QED) is 0.828. The van der Waals surface area contributed by atoms with E-state index < -0.39 is 0 Å². The largest absolute Gasteiger partial charge is 0.444 e. The molecule has 0 saturated carbocycles. The zero-order chi connectivity index (χ0) is 14.1. The van der Waals surface area contributed by atoms with Gasteiger partial charge in [-0.25, -0.2) is 9.67 Å². The highest BCUT2D eigenvalue weighted by Gasteiger charge is 2.23. The van der Waals surface area contributed by atoms with Crippen molar-refractivity contribution in [2.24, 2.45) is 0 Å². The summed E-state index contributed by atoms with van der Waals surface area (Å²) >= 11 is 0. The first kappa shape index (κ1) is 12.8. The molecular formula is C12H16N6O2. The molecular weight excluding hydrogens is 260 g/mol. The van der Waals surface area contributed by atoms with Gasteiger partial charge in [0.25, 0.3) is 5.91 Å². The number of hydrogen-bond acceptors (Lipinski definition) is 6. The Balaban J connectivity index is 1.65. The van der Waals surface area contributed by atoms with E-state index in [1.807, 2.05) is 13.8 Å². The lowest BCUT2D eigenvalue weighted by Gasteiger charge is -2.26. The van der Waals surface area contributed by atoms with Gasteiger partial charge in [-0.15, -0.1) is 5.10 Å². The normalized spacial score (nSPS) is 16.7. The molecule has 2 N–H and O–H groups in total. The Kier molecular flexibility index (Phi) is 3.23. The van der Waals surface area contributed by atoms with E-state index in [9.17, 15) is 4.79 Å². The second-order valence-corrected chi connectivity index (χ2v) is 4.90. The lowest BCUT2D eigenvalue weighted by atomic mass is 10.2. The molecule has 3 heterocycles. The maximum absolute atomic E-state index is 12.1. The molecule has 1 saturated heterocycles. The first-order chi connectivity index (χ1) is 9.63. The Bertz CT molecular complexity index is 615. The molecule has 1 unspecified atom stereocenters. The monoisotopic (exact) mass is 276 g/mol. The molecule has 1 aliphatic heterocycles. The van der Waals surface area contributed by atoms with Crippen molar-refractivity contribution in [3.8, 4) is 0 Å². The summed E-state index contributed by atoms with van der Waals surface area (Å²) in [6, 6.07) is -0.0254. The van der Waals surface area contributed by atoms with Crippen LogP contribution in [0.25, 0.3) is 0 Å². The summed E-state index contributed by atoms with van der Waals surface area (Å²) in [6.45, 7) is 5.33. The summed E-state index contributed by atoms with van der Waals surface area (Å²) in [7, 11) is 0. The molecule has 8 heteroatoms. The third-order valence-corrected chi connectivity index (χ3v) is 3.23. The molecule has 20 heavy (non-hydrogen) atoms. The van der Waals surface area contributed by atoms with Gasteiger partial charge in [-0.2, -0.15) is 0 Å². The van der Waals surface area contributed by atoms with Gasteiger partial charge in [0, 0.05) is 13.1 Å². The van der Waals surface area contributed by atoms with E-state index in [1.165, 1.54) is 0 Å². The molecule has 2 aromatic rings. The van der Waals surface area contributed by atoms with Crippen LogP contribution in [-0.4, -0.2) is 39.0 Å². The molecule has 0 spiro atoms. The highest BCUT2D eigenvalue weighted by molar-refractivity contribution is 5.92. The minimum atomic E-state index is -0.313. The maximum atomic E-state index is 12.1. The van der Waals surface area contributed by atoms with Crippen LogP contribution in [0.2, 0.25) is 0 Å². The van der Waals surface area contributed by atoms with Crippen molar-refractivity contribution in [2.75, 3.05) is 13.1 Å². The van der Waals surface area contributed by atoms with E-state index in [-0.39, 0.29) is 18.0 Å². The number of nitrogens with one attached hydrogen (secondary N) is 2. The van der Waals surface area contributed by atoms with Gasteiger partial charge in [-0.1, -0.05) is 5.21 Å². The number of amides is 1. The van der Waals surface area contributed by atoms with Crippen molar-refractivity contribution >= 4 is 5.91 Å². The third-order valence-electron chi connectivity index (χ3n) is 3.23. The Morgan fingerprint density at radius 2 is 2.40 bits per heavy atom. The molecule has 1 aliphatic rings. The zero-order valence-corrected chi connectivity index (χ0v) is 11.3. The zero-order valence-electron chi connectivity index (χ0n) is 11.3. The minimum absolute atomic E-state index is 0.285. The summed E-state index contributed by atoms with van der Waals surface area (Å²) in [6.07, 6.45) is 3.28. The van der Waals surface area contributed by atoms with E-state index in [2.05, 4.69) is 25.9 Å². The average molecular weight is 276 g/mol. The fraction of sp³-hybridized carbons (Fsp3) is 0.500. The number of carbonyl (C=O) groups excluding carboxylic acids is 1. The molecule has 0 aliphatic carbocycles. The lowest BCUT2D eigenvalue weighted by molar-refractivity contribution is 0.0928. The van der Waals surface area contributed by atoms with E-state index in [0.29, 0.717) is 17.3 Å². The summed E-state index contributed by atoms with van der Waals surface area (Å²) < 4.78 is 7.09. The smallest absolute Gasteiger partial charge is 0.274 e. The average Bonchev–Trinajstić information content (AvgIpc) is 2.96. The van der Waals surface area contributed by atoms with E-state index in [4.69, 9.17) is 4.42 Å². The van der Waals surface area contributed by atoms with Crippen molar-refractivity contribution < 1.29 is 9.21 Å². The number of hydrogen-bond donors (Lipinski definition) is 2. The first-order valence-electron chi connectivity index (χ1n) is 6.49. The molecule has 106 valence electrons. The van der Waals surface area contributed by atoms with Crippen molar-refractivity contribution in [3.63, 3.8) is 0 Å². The van der Waals surface area contributed by atoms with Gasteiger partial charge in [0.2, 0.25) is 5.89 Å². The number of aryl methyl sites for hydroxylation is 1. The fourth-order valence-electron chi connectivity index (χ4n) is 1.92. The topological polar surface area (TPSA) is 97.9 Å². The Morgan fingerprint density at radius 1 is 1.60 bits per heavy atom. The van der Waals surface area contributed by atoms with Crippen molar-refractivity contribution in [3.05, 3.63) is 29.7 Å². The fourth-order valence-corrected chi connectivity index (χ4v) is 1.92. The molecule has 0 bridgehead atoms. The van der Waals surface area contributed by atoms with Crippen molar-refractivity contribution in [1.29, 1.82) is 0 Å². The molecule has 8 nitrogen and oxygen atoms in total.